The summed E-state index contributed by atoms with van der Waals surface area (Å²) in [5.41, 5.74) is 3.53. The maximum atomic E-state index is 13.1. The van der Waals surface area contributed by atoms with E-state index >= 15 is 0 Å². The zero-order chi connectivity index (χ0) is 23.4. The van der Waals surface area contributed by atoms with Crippen LogP contribution in [0.4, 0.5) is 5.69 Å². The molecule has 1 amide bonds. The van der Waals surface area contributed by atoms with Gasteiger partial charge in [-0.3, -0.25) is 19.4 Å². The molecule has 7 nitrogen and oxygen atoms in total. The minimum absolute atomic E-state index is 0.0937. The van der Waals surface area contributed by atoms with Gasteiger partial charge in [0.05, 0.1) is 4.90 Å². The molecule has 1 aliphatic rings. The molecule has 2 aromatic carbocycles. The number of hydrogen-bond donors (Lipinski definition) is 1. The molecule has 1 saturated heterocycles. The number of nitrogens with zero attached hydrogens (tertiary/aromatic N) is 3. The number of anilines is 1. The van der Waals surface area contributed by atoms with Crippen molar-refractivity contribution < 1.29 is 13.2 Å². The predicted octanol–water partition coefficient (Wildman–Crippen LogP) is 3.46. The van der Waals surface area contributed by atoms with Crippen LogP contribution in [0.5, 0.6) is 0 Å². The van der Waals surface area contributed by atoms with E-state index < -0.39 is 10.0 Å². The summed E-state index contributed by atoms with van der Waals surface area (Å²) in [5.74, 6) is -0.0937. The lowest BCUT2D eigenvalue weighted by Crippen LogP contribution is -2.48. The second-order valence-corrected chi connectivity index (χ2v) is 10.0. The number of benzene rings is 2. The Balaban J connectivity index is 1.41. The van der Waals surface area contributed by atoms with E-state index in [1.54, 1.807) is 49.5 Å². The lowest BCUT2D eigenvalue weighted by molar-refractivity contribution is 0.0628. The summed E-state index contributed by atoms with van der Waals surface area (Å²) in [4.78, 5) is 21.6. The zero-order valence-electron chi connectivity index (χ0n) is 18.9. The third kappa shape index (κ3) is 5.58. The molecule has 0 radical (unpaired) electrons. The van der Waals surface area contributed by atoms with Crippen molar-refractivity contribution in [3.63, 3.8) is 0 Å². The van der Waals surface area contributed by atoms with Crippen LogP contribution in [0.25, 0.3) is 0 Å². The van der Waals surface area contributed by atoms with Gasteiger partial charge in [-0.25, -0.2) is 8.42 Å². The van der Waals surface area contributed by atoms with Crippen molar-refractivity contribution in [2.75, 3.05) is 30.9 Å². The van der Waals surface area contributed by atoms with Crippen LogP contribution in [0, 0.1) is 13.8 Å². The average Bonchev–Trinajstić information content (AvgIpc) is 2.81. The summed E-state index contributed by atoms with van der Waals surface area (Å²) < 4.78 is 28.5. The van der Waals surface area contributed by atoms with Crippen LogP contribution in [0.15, 0.2) is 71.9 Å². The molecular formula is C25H28N4O3S. The molecule has 1 N–H and O–H groups in total. The van der Waals surface area contributed by atoms with Crippen molar-refractivity contribution in [1.29, 1.82) is 0 Å². The van der Waals surface area contributed by atoms with Crippen LogP contribution < -0.4 is 4.72 Å². The number of pyridine rings is 1. The summed E-state index contributed by atoms with van der Waals surface area (Å²) >= 11 is 0. The fourth-order valence-corrected chi connectivity index (χ4v) is 5.34. The van der Waals surface area contributed by atoms with E-state index in [9.17, 15) is 13.2 Å². The molecule has 33 heavy (non-hydrogen) atoms. The van der Waals surface area contributed by atoms with E-state index in [0.717, 1.165) is 30.8 Å². The fourth-order valence-electron chi connectivity index (χ4n) is 3.96. The first-order valence-electron chi connectivity index (χ1n) is 10.9. The van der Waals surface area contributed by atoms with Crippen molar-refractivity contribution in [2.24, 2.45) is 0 Å². The first kappa shape index (κ1) is 22.9. The Hall–Kier alpha value is -3.23. The Morgan fingerprint density at radius 1 is 1.00 bits per heavy atom. The van der Waals surface area contributed by atoms with E-state index in [4.69, 9.17) is 0 Å². The lowest BCUT2D eigenvalue weighted by Gasteiger charge is -2.34. The topological polar surface area (TPSA) is 82.6 Å². The number of carbonyl (C=O) groups is 1. The third-order valence-electron chi connectivity index (χ3n) is 5.78. The van der Waals surface area contributed by atoms with Gasteiger partial charge in [0.15, 0.2) is 0 Å². The van der Waals surface area contributed by atoms with Gasteiger partial charge in [0, 0.05) is 56.4 Å². The number of hydrogen-bond acceptors (Lipinski definition) is 5. The number of carbonyl (C=O) groups excluding carboxylic acids is 1. The molecule has 0 aliphatic carbocycles. The monoisotopic (exact) mass is 464 g/mol. The van der Waals surface area contributed by atoms with Crippen LogP contribution in [0.1, 0.15) is 27.0 Å². The number of sulfonamides is 1. The Morgan fingerprint density at radius 2 is 1.79 bits per heavy atom. The zero-order valence-corrected chi connectivity index (χ0v) is 19.7. The average molecular weight is 465 g/mol. The largest absolute Gasteiger partial charge is 0.336 e. The molecule has 0 atom stereocenters. The van der Waals surface area contributed by atoms with Crippen LogP contribution >= 0.6 is 0 Å². The minimum atomic E-state index is -3.76. The summed E-state index contributed by atoms with van der Waals surface area (Å²) in [6.45, 7) is 7.23. The normalized spacial score (nSPS) is 14.8. The molecule has 0 saturated carbocycles. The van der Waals surface area contributed by atoms with Gasteiger partial charge < -0.3 is 4.90 Å². The molecule has 0 unspecified atom stereocenters. The Kier molecular flexibility index (Phi) is 6.76. The molecule has 8 heteroatoms. The van der Waals surface area contributed by atoms with Gasteiger partial charge in [-0.15, -0.1) is 0 Å². The van der Waals surface area contributed by atoms with Crippen molar-refractivity contribution in [3.05, 3.63) is 89.2 Å². The molecule has 1 aliphatic heterocycles. The molecule has 1 aromatic heterocycles. The Labute approximate surface area is 195 Å². The van der Waals surface area contributed by atoms with E-state index in [1.165, 1.54) is 0 Å². The lowest BCUT2D eigenvalue weighted by atomic mass is 10.1. The Morgan fingerprint density at radius 3 is 2.52 bits per heavy atom. The van der Waals surface area contributed by atoms with E-state index in [1.807, 2.05) is 30.2 Å². The van der Waals surface area contributed by atoms with Crippen molar-refractivity contribution in [3.8, 4) is 0 Å². The summed E-state index contributed by atoms with van der Waals surface area (Å²) in [6.07, 6.45) is 3.62. The van der Waals surface area contributed by atoms with E-state index in [-0.39, 0.29) is 10.8 Å². The van der Waals surface area contributed by atoms with Crippen molar-refractivity contribution >= 4 is 21.6 Å². The van der Waals surface area contributed by atoms with E-state index in [2.05, 4.69) is 20.7 Å². The number of rotatable bonds is 6. The predicted molar refractivity (Wildman–Crippen MR) is 129 cm³/mol. The summed E-state index contributed by atoms with van der Waals surface area (Å²) in [6, 6.07) is 16.0. The van der Waals surface area contributed by atoms with Crippen LogP contribution in [-0.4, -0.2) is 55.3 Å². The standard InChI is InChI=1S/C25H28N4O3S/c1-19-8-9-20(2)24(15-19)33(31,32)27-23-7-3-6-22(16-23)25(30)29-13-11-28(12-14-29)18-21-5-4-10-26-17-21/h3-10,15-17,27H,11-14,18H2,1-2H3. The van der Waals surface area contributed by atoms with Crippen molar-refractivity contribution in [1.82, 2.24) is 14.8 Å². The van der Waals surface area contributed by atoms with Crippen LogP contribution in [0.3, 0.4) is 0 Å². The summed E-state index contributed by atoms with van der Waals surface area (Å²) in [5, 5.41) is 0. The Bertz CT molecular complexity index is 1240. The molecular weight excluding hydrogens is 436 g/mol. The highest BCUT2D eigenvalue weighted by molar-refractivity contribution is 7.92. The number of aromatic nitrogens is 1. The highest BCUT2D eigenvalue weighted by Gasteiger charge is 2.23. The molecule has 172 valence electrons. The first-order valence-corrected chi connectivity index (χ1v) is 12.4. The molecule has 0 bridgehead atoms. The highest BCUT2D eigenvalue weighted by atomic mass is 32.2. The van der Waals surface area contributed by atoms with Gasteiger partial charge in [0.1, 0.15) is 0 Å². The molecule has 3 aromatic rings. The number of amides is 1. The molecule has 0 spiro atoms. The second-order valence-electron chi connectivity index (χ2n) is 8.38. The van der Waals surface area contributed by atoms with Crippen LogP contribution in [0.2, 0.25) is 0 Å². The number of nitrogens with one attached hydrogen (secondary N) is 1. The van der Waals surface area contributed by atoms with Gasteiger partial charge in [-0.2, -0.15) is 0 Å². The molecule has 1 fully saturated rings. The smallest absolute Gasteiger partial charge is 0.262 e. The number of aryl methyl sites for hydroxylation is 2. The SMILES string of the molecule is Cc1ccc(C)c(S(=O)(=O)Nc2cccc(C(=O)N3CCN(Cc4cccnc4)CC3)c2)c1. The van der Waals surface area contributed by atoms with E-state index in [0.29, 0.717) is 29.9 Å². The molecule has 4 rings (SSSR count). The maximum Gasteiger partial charge on any atom is 0.262 e. The highest BCUT2D eigenvalue weighted by Crippen LogP contribution is 2.22. The van der Waals surface area contributed by atoms with Crippen molar-refractivity contribution in [2.45, 2.75) is 25.3 Å². The van der Waals surface area contributed by atoms with Gasteiger partial charge in [-0.1, -0.05) is 24.3 Å². The first-order chi connectivity index (χ1) is 15.8. The van der Waals surface area contributed by atoms with Gasteiger partial charge in [0.25, 0.3) is 15.9 Å². The van der Waals surface area contributed by atoms with Gasteiger partial charge in [-0.05, 0) is 60.9 Å². The summed E-state index contributed by atoms with van der Waals surface area (Å²) in [7, 11) is -3.76. The second kappa shape index (κ2) is 9.72. The molecule has 2 heterocycles. The fraction of sp³-hybridized carbons (Fsp3) is 0.280. The van der Waals surface area contributed by atoms with Crippen LogP contribution in [-0.2, 0) is 16.6 Å². The minimum Gasteiger partial charge on any atom is -0.336 e. The van der Waals surface area contributed by atoms with Gasteiger partial charge >= 0.3 is 0 Å². The van der Waals surface area contributed by atoms with Gasteiger partial charge in [0.2, 0.25) is 0 Å². The third-order valence-corrected chi connectivity index (χ3v) is 7.31. The quantitative estimate of drug-likeness (QED) is 0.604. The number of piperazine rings is 1. The maximum absolute atomic E-state index is 13.1.